The number of halogens is 3. The van der Waals surface area contributed by atoms with Crippen molar-refractivity contribution in [1.82, 2.24) is 4.98 Å². The van der Waals surface area contributed by atoms with Crippen molar-refractivity contribution in [2.75, 3.05) is 0 Å². The van der Waals surface area contributed by atoms with E-state index < -0.39 is 28.8 Å². The highest BCUT2D eigenvalue weighted by molar-refractivity contribution is 5.90. The number of alkyl halides is 3. The van der Waals surface area contributed by atoms with Crippen molar-refractivity contribution in [3.8, 4) is 5.75 Å². The van der Waals surface area contributed by atoms with E-state index in [9.17, 15) is 22.8 Å². The van der Waals surface area contributed by atoms with Crippen molar-refractivity contribution >= 4 is 16.9 Å². The minimum Gasteiger partial charge on any atom is -0.426 e. The Morgan fingerprint density at radius 2 is 1.95 bits per heavy atom. The van der Waals surface area contributed by atoms with Crippen molar-refractivity contribution in [3.05, 3.63) is 40.2 Å². The Bertz CT molecular complexity index is 719. The molecule has 0 saturated carbocycles. The number of esters is 1. The lowest BCUT2D eigenvalue weighted by Crippen LogP contribution is -2.12. The topological polar surface area (TPSA) is 59.2 Å². The van der Waals surface area contributed by atoms with Gasteiger partial charge in [0, 0.05) is 17.9 Å². The lowest BCUT2D eigenvalue weighted by molar-refractivity contribution is -0.136. The number of fused-ring (bicyclic) bond motifs is 1. The summed E-state index contributed by atoms with van der Waals surface area (Å²) in [5, 5.41) is 0.0289. The summed E-state index contributed by atoms with van der Waals surface area (Å²) < 4.78 is 43.6. The van der Waals surface area contributed by atoms with E-state index in [1.165, 1.54) is 6.07 Å². The Hall–Kier alpha value is -2.31. The summed E-state index contributed by atoms with van der Waals surface area (Å²) in [6.45, 7) is 1.57. The number of benzene rings is 1. The van der Waals surface area contributed by atoms with Crippen LogP contribution in [-0.2, 0) is 11.0 Å². The minimum absolute atomic E-state index is 0.0175. The summed E-state index contributed by atoms with van der Waals surface area (Å²) in [4.78, 5) is 24.6. The van der Waals surface area contributed by atoms with Crippen LogP contribution in [0.3, 0.4) is 0 Å². The molecule has 1 heterocycles. The van der Waals surface area contributed by atoms with Gasteiger partial charge in [-0.15, -0.1) is 0 Å². The fourth-order valence-corrected chi connectivity index (χ4v) is 1.74. The van der Waals surface area contributed by atoms with E-state index in [1.54, 1.807) is 6.92 Å². The molecule has 0 bridgehead atoms. The van der Waals surface area contributed by atoms with Gasteiger partial charge in [-0.3, -0.25) is 9.59 Å². The first-order chi connectivity index (χ1) is 9.32. The average Bonchev–Trinajstić information content (AvgIpc) is 2.36. The van der Waals surface area contributed by atoms with Crippen molar-refractivity contribution in [2.24, 2.45) is 0 Å². The molecule has 0 aliphatic carbocycles. The van der Waals surface area contributed by atoms with E-state index in [0.717, 1.165) is 18.2 Å². The molecule has 2 rings (SSSR count). The molecule has 0 atom stereocenters. The number of pyridine rings is 1. The van der Waals surface area contributed by atoms with Crippen LogP contribution in [0, 0.1) is 0 Å². The molecule has 0 unspecified atom stereocenters. The number of hydrogen-bond donors (Lipinski definition) is 1. The van der Waals surface area contributed by atoms with Crippen LogP contribution in [0.5, 0.6) is 5.75 Å². The first-order valence-electron chi connectivity index (χ1n) is 5.77. The summed E-state index contributed by atoms with van der Waals surface area (Å²) in [7, 11) is 0. The van der Waals surface area contributed by atoms with Crippen LogP contribution in [0.4, 0.5) is 13.2 Å². The fraction of sp³-hybridized carbons (Fsp3) is 0.231. The Labute approximate surface area is 111 Å². The monoisotopic (exact) mass is 285 g/mol. The zero-order valence-electron chi connectivity index (χ0n) is 10.4. The predicted octanol–water partition coefficient (Wildman–Crippen LogP) is 2.86. The van der Waals surface area contributed by atoms with Gasteiger partial charge in [-0.25, -0.2) is 0 Å². The van der Waals surface area contributed by atoms with Gasteiger partial charge in [0.25, 0.3) is 0 Å². The van der Waals surface area contributed by atoms with Crippen LogP contribution in [0.1, 0.15) is 18.9 Å². The third kappa shape index (κ3) is 2.66. The number of hydrogen-bond acceptors (Lipinski definition) is 3. The van der Waals surface area contributed by atoms with Crippen LogP contribution >= 0.6 is 0 Å². The van der Waals surface area contributed by atoms with Gasteiger partial charge in [-0.05, 0) is 18.2 Å². The second kappa shape index (κ2) is 4.99. The van der Waals surface area contributed by atoms with E-state index in [4.69, 9.17) is 4.74 Å². The van der Waals surface area contributed by atoms with E-state index in [2.05, 4.69) is 4.98 Å². The molecule has 0 aliphatic rings. The quantitative estimate of drug-likeness (QED) is 0.681. The van der Waals surface area contributed by atoms with Crippen LogP contribution in [-0.4, -0.2) is 11.0 Å². The van der Waals surface area contributed by atoms with Gasteiger partial charge < -0.3 is 9.72 Å². The molecule has 1 aromatic heterocycles. The predicted molar refractivity (Wildman–Crippen MR) is 65.5 cm³/mol. The number of ether oxygens (including phenoxy) is 1. The standard InChI is InChI=1S/C13H10F3NO3/c1-2-11(19)20-9-5-4-8(13(14,15)16)12-7(9)3-6-10(18)17-12/h3-6H,2H2,1H3,(H,17,18). The lowest BCUT2D eigenvalue weighted by Gasteiger charge is -2.12. The normalized spacial score (nSPS) is 11.6. The highest BCUT2D eigenvalue weighted by atomic mass is 19.4. The van der Waals surface area contributed by atoms with E-state index in [-0.39, 0.29) is 17.6 Å². The van der Waals surface area contributed by atoms with Crippen molar-refractivity contribution in [3.63, 3.8) is 0 Å². The lowest BCUT2D eigenvalue weighted by atomic mass is 10.1. The van der Waals surface area contributed by atoms with Crippen molar-refractivity contribution in [2.45, 2.75) is 19.5 Å². The van der Waals surface area contributed by atoms with Crippen LogP contribution in [0.15, 0.2) is 29.1 Å². The molecule has 1 aromatic carbocycles. The molecule has 106 valence electrons. The molecule has 0 fully saturated rings. The highest BCUT2D eigenvalue weighted by Gasteiger charge is 2.33. The summed E-state index contributed by atoms with van der Waals surface area (Å²) in [6, 6.07) is 4.11. The third-order valence-electron chi connectivity index (χ3n) is 2.67. The van der Waals surface area contributed by atoms with Crippen LogP contribution in [0.25, 0.3) is 10.9 Å². The molecule has 0 amide bonds. The second-order valence-electron chi connectivity index (χ2n) is 4.05. The zero-order chi connectivity index (χ0) is 14.9. The molecule has 4 nitrogen and oxygen atoms in total. The van der Waals surface area contributed by atoms with Crippen molar-refractivity contribution < 1.29 is 22.7 Å². The largest absolute Gasteiger partial charge is 0.426 e. The van der Waals surface area contributed by atoms with Gasteiger partial charge in [0.1, 0.15) is 5.75 Å². The number of carbonyl (C=O) groups excluding carboxylic acids is 1. The van der Waals surface area contributed by atoms with Gasteiger partial charge in [-0.1, -0.05) is 6.92 Å². The van der Waals surface area contributed by atoms with Crippen LogP contribution in [0.2, 0.25) is 0 Å². The number of nitrogens with one attached hydrogen (secondary N) is 1. The molecule has 2 aromatic rings. The Kier molecular flexibility index (Phi) is 3.52. The highest BCUT2D eigenvalue weighted by Crippen LogP contribution is 2.36. The molecule has 7 heteroatoms. The Morgan fingerprint density at radius 1 is 1.25 bits per heavy atom. The number of carbonyl (C=O) groups is 1. The molecule has 20 heavy (non-hydrogen) atoms. The molecular formula is C13H10F3NO3. The smallest absolute Gasteiger partial charge is 0.418 e. The maximum atomic E-state index is 12.9. The van der Waals surface area contributed by atoms with E-state index >= 15 is 0 Å². The summed E-state index contributed by atoms with van der Waals surface area (Å²) in [5.74, 6) is -0.589. The zero-order valence-corrected chi connectivity index (χ0v) is 10.4. The van der Waals surface area contributed by atoms with Crippen molar-refractivity contribution in [1.29, 1.82) is 0 Å². The van der Waals surface area contributed by atoms with E-state index in [0.29, 0.717) is 0 Å². The second-order valence-corrected chi connectivity index (χ2v) is 4.05. The maximum Gasteiger partial charge on any atom is 0.418 e. The molecule has 0 saturated heterocycles. The van der Waals surface area contributed by atoms with Gasteiger partial charge in [0.05, 0.1) is 11.1 Å². The summed E-state index contributed by atoms with van der Waals surface area (Å²) in [5.41, 5.74) is -2.05. The third-order valence-corrected chi connectivity index (χ3v) is 2.67. The van der Waals surface area contributed by atoms with Gasteiger partial charge in [0.2, 0.25) is 5.56 Å². The minimum atomic E-state index is -4.62. The Morgan fingerprint density at radius 3 is 2.55 bits per heavy atom. The number of H-pyrrole nitrogens is 1. The molecule has 0 spiro atoms. The van der Waals surface area contributed by atoms with E-state index in [1.807, 2.05) is 0 Å². The summed E-state index contributed by atoms with van der Waals surface area (Å²) in [6.07, 6.45) is -4.53. The molecule has 1 N–H and O–H groups in total. The summed E-state index contributed by atoms with van der Waals surface area (Å²) >= 11 is 0. The number of aromatic amines is 1. The number of rotatable bonds is 2. The maximum absolute atomic E-state index is 12.9. The Balaban J connectivity index is 2.71. The molecule has 0 aliphatic heterocycles. The molecular weight excluding hydrogens is 275 g/mol. The van der Waals surface area contributed by atoms with Crippen LogP contribution < -0.4 is 10.3 Å². The SMILES string of the molecule is CCC(=O)Oc1ccc(C(F)(F)F)c2[nH]c(=O)ccc12. The van der Waals surface area contributed by atoms with Gasteiger partial charge in [-0.2, -0.15) is 13.2 Å². The first-order valence-corrected chi connectivity index (χ1v) is 5.77. The molecule has 0 radical (unpaired) electrons. The van der Waals surface area contributed by atoms with Gasteiger partial charge in [0.15, 0.2) is 0 Å². The van der Waals surface area contributed by atoms with Gasteiger partial charge >= 0.3 is 12.1 Å². The average molecular weight is 285 g/mol. The first kappa shape index (κ1) is 14.1. The fourth-order valence-electron chi connectivity index (χ4n) is 1.74. The number of aromatic nitrogens is 1.